The van der Waals surface area contributed by atoms with Gasteiger partial charge in [-0.3, -0.25) is 0 Å². The Balaban J connectivity index is 2.37. The summed E-state index contributed by atoms with van der Waals surface area (Å²) >= 11 is 2.43. The van der Waals surface area contributed by atoms with Crippen molar-refractivity contribution >= 4 is 23.2 Å². The van der Waals surface area contributed by atoms with Gasteiger partial charge in [0.1, 0.15) is 0 Å². The third-order valence-corrected chi connectivity index (χ3v) is 5.72. The van der Waals surface area contributed by atoms with Crippen LogP contribution in [0, 0.1) is 20.8 Å². The molecule has 20 heavy (non-hydrogen) atoms. The second kappa shape index (κ2) is 6.06. The first-order valence-electron chi connectivity index (χ1n) is 6.11. The molecule has 2 aromatic rings. The average molecular weight is 453 g/mol. The summed E-state index contributed by atoms with van der Waals surface area (Å²) in [5.41, 5.74) is 1.73. The van der Waals surface area contributed by atoms with E-state index in [1.165, 1.54) is 11.0 Å². The predicted molar refractivity (Wildman–Crippen MR) is 78.0 cm³/mol. The maximum absolute atomic E-state index is 12.2. The third kappa shape index (κ3) is 3.10. The quantitative estimate of drug-likeness (QED) is 0.530. The monoisotopic (exact) mass is 453 g/mol. The number of hydrogen-bond donors (Lipinski definition) is 0. The average Bonchev–Trinajstić information content (AvgIpc) is 2.79. The number of ketones is 1. The fraction of sp³-hybridized carbons (Fsp3) is 0.200. The van der Waals surface area contributed by atoms with Gasteiger partial charge in [0.2, 0.25) is 0 Å². The molecule has 0 aliphatic heterocycles. The van der Waals surface area contributed by atoms with Crippen LogP contribution in [0.4, 0.5) is 0 Å². The van der Waals surface area contributed by atoms with E-state index in [0.29, 0.717) is 0 Å². The van der Waals surface area contributed by atoms with Crippen LogP contribution >= 0.6 is 11.3 Å². The number of hydrogen-bond acceptors (Lipinski definition) is 3. The zero-order valence-electron chi connectivity index (χ0n) is 11.5. The first-order chi connectivity index (χ1) is 9.40. The summed E-state index contributed by atoms with van der Waals surface area (Å²) in [7, 11) is 0. The molecule has 0 saturated heterocycles. The van der Waals surface area contributed by atoms with Gasteiger partial charge in [-0.15, -0.1) is 0 Å². The molecule has 0 radical (unpaired) electrons. The minimum absolute atomic E-state index is 0.187. The van der Waals surface area contributed by atoms with Crippen LogP contribution in [0.25, 0.3) is 6.08 Å². The molecule has 0 N–H and O–H groups in total. The fourth-order valence-electron chi connectivity index (χ4n) is 1.97. The second-order valence-corrected chi connectivity index (χ2v) is 7.36. The Morgan fingerprint density at radius 2 is 2.00 bits per heavy atom. The van der Waals surface area contributed by atoms with Crippen LogP contribution in [0.1, 0.15) is 31.4 Å². The van der Waals surface area contributed by atoms with E-state index in [1.807, 2.05) is 39.0 Å². The molecule has 5 heteroatoms. The molecule has 0 aliphatic carbocycles. The van der Waals surface area contributed by atoms with Gasteiger partial charge in [0.05, 0.1) is 0 Å². The van der Waals surface area contributed by atoms with Crippen LogP contribution in [-0.2, 0) is 21.3 Å². The van der Waals surface area contributed by atoms with Crippen molar-refractivity contribution in [1.29, 1.82) is 0 Å². The summed E-state index contributed by atoms with van der Waals surface area (Å²) < 4.78 is 1.61. The van der Waals surface area contributed by atoms with E-state index in [0.717, 1.165) is 37.5 Å². The van der Waals surface area contributed by atoms with Crippen LogP contribution in [0.5, 0.6) is 0 Å². The summed E-state index contributed by atoms with van der Waals surface area (Å²) in [4.78, 5) is 26.7. The van der Waals surface area contributed by atoms with Gasteiger partial charge < -0.3 is 0 Å². The van der Waals surface area contributed by atoms with E-state index in [1.54, 1.807) is 20.4 Å². The molecule has 3 nitrogen and oxygen atoms in total. The molecule has 0 amide bonds. The van der Waals surface area contributed by atoms with Crippen molar-refractivity contribution in [3.8, 4) is 0 Å². The van der Waals surface area contributed by atoms with E-state index < -0.39 is 0 Å². The molecule has 0 aliphatic rings. The number of carbonyl (C=O) groups is 1. The molecule has 2 aromatic heterocycles. The van der Waals surface area contributed by atoms with Crippen LogP contribution in [0.3, 0.4) is 0 Å². The topological polar surface area (TPSA) is 39.1 Å². The predicted octanol–water partition coefficient (Wildman–Crippen LogP) is 3.04. The van der Waals surface area contributed by atoms with E-state index in [-0.39, 0.29) is 16.9 Å². The molecule has 0 atom stereocenters. The Labute approximate surface area is 134 Å². The van der Waals surface area contributed by atoms with Crippen LogP contribution < -0.4 is 5.56 Å². The molecular formula is C15H14NO2STa. The SMILES string of the molecule is Cc1ccc(/C=C/C(=O)c2c(C)cc(C)[n]([Ta])c2=O)s1. The van der Waals surface area contributed by atoms with Crippen molar-refractivity contribution in [2.45, 2.75) is 20.8 Å². The number of nitrogens with zero attached hydrogens (tertiary/aromatic N) is 1. The minimum atomic E-state index is -0.224. The van der Waals surface area contributed by atoms with Crippen molar-refractivity contribution in [1.82, 2.24) is 2.97 Å². The zero-order valence-corrected chi connectivity index (χ0v) is 15.5. The Kier molecular flexibility index (Phi) is 4.60. The van der Waals surface area contributed by atoms with Gasteiger partial charge in [-0.2, -0.15) is 0 Å². The number of pyridine rings is 1. The third-order valence-electron chi connectivity index (χ3n) is 2.97. The number of rotatable bonds is 3. The Morgan fingerprint density at radius 3 is 2.60 bits per heavy atom. The van der Waals surface area contributed by atoms with Gasteiger partial charge >= 0.3 is 134 Å². The molecule has 0 unspecified atom stereocenters. The van der Waals surface area contributed by atoms with Crippen LogP contribution in [0.15, 0.2) is 29.1 Å². The molecule has 0 fully saturated rings. The second-order valence-electron chi connectivity index (χ2n) is 4.61. The maximum atomic E-state index is 12.2. The van der Waals surface area contributed by atoms with Gasteiger partial charge in [-0.05, 0) is 0 Å². The molecule has 2 rings (SSSR count). The van der Waals surface area contributed by atoms with Gasteiger partial charge in [0.15, 0.2) is 0 Å². The first kappa shape index (κ1) is 15.2. The molecule has 0 spiro atoms. The number of allylic oxidation sites excluding steroid dienone is 1. The summed E-state index contributed by atoms with van der Waals surface area (Å²) in [5.74, 6) is -0.224. The molecular weight excluding hydrogens is 439 g/mol. The van der Waals surface area contributed by atoms with Gasteiger partial charge in [0, 0.05) is 0 Å². The molecule has 0 saturated carbocycles. The molecule has 0 bridgehead atoms. The van der Waals surface area contributed by atoms with E-state index in [4.69, 9.17) is 0 Å². The van der Waals surface area contributed by atoms with Crippen molar-refractivity contribution in [2.75, 3.05) is 0 Å². The zero-order chi connectivity index (χ0) is 14.9. The standard InChI is InChI=1S/C15H15NO2S.Ta/c1-9-8-10(2)16-15(18)14(9)13(17)7-6-12-5-4-11(3)19-12;/h4-8H,1-3H3,(H,16,17,18);/q;+1/p-1/b7-6+;. The number of aromatic nitrogens is 1. The molecule has 102 valence electrons. The molecule has 0 aromatic carbocycles. The van der Waals surface area contributed by atoms with Gasteiger partial charge in [-0.25, -0.2) is 0 Å². The number of thiophene rings is 1. The Hall–Kier alpha value is -1.20. The van der Waals surface area contributed by atoms with Crippen molar-refractivity contribution in [3.63, 3.8) is 0 Å². The Morgan fingerprint density at radius 1 is 1.30 bits per heavy atom. The van der Waals surface area contributed by atoms with E-state index in [9.17, 15) is 9.59 Å². The summed E-state index contributed by atoms with van der Waals surface area (Å²) in [6.07, 6.45) is 3.26. The number of aryl methyl sites for hydroxylation is 3. The normalized spacial score (nSPS) is 11.2. The van der Waals surface area contributed by atoms with Crippen molar-refractivity contribution in [3.05, 3.63) is 61.2 Å². The fourth-order valence-corrected chi connectivity index (χ4v) is 3.31. The van der Waals surface area contributed by atoms with Crippen molar-refractivity contribution in [2.24, 2.45) is 0 Å². The van der Waals surface area contributed by atoms with Gasteiger partial charge in [-0.1, -0.05) is 0 Å². The summed E-state index contributed by atoms with van der Waals surface area (Å²) in [6, 6.07) is 5.86. The summed E-state index contributed by atoms with van der Waals surface area (Å²) in [5, 5.41) is 0. The van der Waals surface area contributed by atoms with E-state index >= 15 is 0 Å². The summed E-state index contributed by atoms with van der Waals surface area (Å²) in [6.45, 7) is 5.71. The first-order valence-corrected chi connectivity index (χ1v) is 8.37. The van der Waals surface area contributed by atoms with Crippen molar-refractivity contribution < 1.29 is 26.1 Å². The molecule has 2 heterocycles. The van der Waals surface area contributed by atoms with Gasteiger partial charge in [0.25, 0.3) is 0 Å². The van der Waals surface area contributed by atoms with Crippen LogP contribution in [-0.4, -0.2) is 8.75 Å². The van der Waals surface area contributed by atoms with E-state index in [2.05, 4.69) is 0 Å². The number of carbonyl (C=O) groups excluding carboxylic acids is 1. The Bertz CT molecular complexity index is 756. The van der Waals surface area contributed by atoms with Crippen LogP contribution in [0.2, 0.25) is 0 Å².